The zero-order valence-corrected chi connectivity index (χ0v) is 19.3. The van der Waals surface area contributed by atoms with Crippen LogP contribution < -0.4 is 10.6 Å². The minimum Gasteiger partial charge on any atom is -0.385 e. The first kappa shape index (κ1) is 25.4. The van der Waals surface area contributed by atoms with E-state index in [4.69, 9.17) is 4.74 Å². The van der Waals surface area contributed by atoms with Gasteiger partial charge in [-0.1, -0.05) is 6.92 Å². The van der Waals surface area contributed by atoms with Crippen molar-refractivity contribution >= 4 is 35.8 Å². The summed E-state index contributed by atoms with van der Waals surface area (Å²) in [4.78, 5) is 20.7. The number of aliphatic imine (C=N–C) groups is 1. The third-order valence-electron chi connectivity index (χ3n) is 4.54. The summed E-state index contributed by atoms with van der Waals surface area (Å²) in [7, 11) is 5.59. The molecule has 1 atom stereocenters. The average Bonchev–Trinajstić information content (AvgIpc) is 2.60. The van der Waals surface area contributed by atoms with Crippen molar-refractivity contribution in [2.24, 2.45) is 10.9 Å². The van der Waals surface area contributed by atoms with Gasteiger partial charge in [-0.15, -0.1) is 24.0 Å². The van der Waals surface area contributed by atoms with E-state index in [9.17, 15) is 4.79 Å². The number of hydrogen-bond donors (Lipinski definition) is 2. The summed E-state index contributed by atoms with van der Waals surface area (Å²) >= 11 is 0. The minimum absolute atomic E-state index is 0. The van der Waals surface area contributed by atoms with Gasteiger partial charge < -0.3 is 25.2 Å². The number of ether oxygens (including phenoxy) is 1. The number of halogens is 1. The van der Waals surface area contributed by atoms with Crippen LogP contribution in [0.2, 0.25) is 0 Å². The van der Waals surface area contributed by atoms with Gasteiger partial charge >= 0.3 is 0 Å². The van der Waals surface area contributed by atoms with Crippen LogP contribution >= 0.6 is 24.0 Å². The summed E-state index contributed by atoms with van der Waals surface area (Å²) in [5, 5.41) is 6.52. The number of nitrogens with one attached hydrogen (secondary N) is 2. The SMILES string of the molecule is CN=C(NCCC(=O)N1CCCC(C)C1)NCCN(C)CCCOC.I. The summed E-state index contributed by atoms with van der Waals surface area (Å²) in [6.45, 7) is 8.22. The first-order chi connectivity index (χ1) is 12.1. The number of methoxy groups -OCH3 is 1. The zero-order chi connectivity index (χ0) is 18.5. The van der Waals surface area contributed by atoms with Crippen LogP contribution in [0.1, 0.15) is 32.6 Å². The lowest BCUT2D eigenvalue weighted by Gasteiger charge is -2.31. The molecule has 0 aromatic carbocycles. The second kappa shape index (κ2) is 15.4. The third kappa shape index (κ3) is 11.2. The second-order valence-corrected chi connectivity index (χ2v) is 6.91. The predicted molar refractivity (Wildman–Crippen MR) is 118 cm³/mol. The van der Waals surface area contributed by atoms with E-state index in [1.54, 1.807) is 14.2 Å². The van der Waals surface area contributed by atoms with Gasteiger partial charge in [0.15, 0.2) is 5.96 Å². The van der Waals surface area contributed by atoms with Crippen LogP contribution in [-0.2, 0) is 9.53 Å². The van der Waals surface area contributed by atoms with E-state index >= 15 is 0 Å². The molecule has 0 aromatic rings. The van der Waals surface area contributed by atoms with Crippen LogP contribution in [0, 0.1) is 5.92 Å². The molecule has 1 unspecified atom stereocenters. The minimum atomic E-state index is 0. The fourth-order valence-corrected chi connectivity index (χ4v) is 3.04. The van der Waals surface area contributed by atoms with E-state index < -0.39 is 0 Å². The van der Waals surface area contributed by atoms with Crippen molar-refractivity contribution in [3.8, 4) is 0 Å². The molecule has 0 radical (unpaired) electrons. The van der Waals surface area contributed by atoms with Crippen LogP contribution in [0.4, 0.5) is 0 Å². The maximum absolute atomic E-state index is 12.3. The number of amides is 1. The molecule has 1 heterocycles. The topological polar surface area (TPSA) is 69.2 Å². The Morgan fingerprint density at radius 1 is 1.31 bits per heavy atom. The van der Waals surface area contributed by atoms with Gasteiger partial charge in [-0.05, 0) is 32.2 Å². The van der Waals surface area contributed by atoms with Gasteiger partial charge in [0.1, 0.15) is 0 Å². The summed E-state index contributed by atoms with van der Waals surface area (Å²) in [5.74, 6) is 1.62. The molecular weight excluding hydrogens is 445 g/mol. The average molecular weight is 483 g/mol. The van der Waals surface area contributed by atoms with Crippen molar-refractivity contribution in [2.75, 3.05) is 67.1 Å². The quantitative estimate of drug-likeness (QED) is 0.213. The van der Waals surface area contributed by atoms with E-state index in [0.717, 1.165) is 58.1 Å². The van der Waals surface area contributed by atoms with E-state index in [2.05, 4.69) is 34.5 Å². The van der Waals surface area contributed by atoms with E-state index in [0.29, 0.717) is 18.9 Å². The van der Waals surface area contributed by atoms with Crippen LogP contribution in [0.5, 0.6) is 0 Å². The molecule has 7 nitrogen and oxygen atoms in total. The van der Waals surface area contributed by atoms with Crippen molar-refractivity contribution in [3.63, 3.8) is 0 Å². The van der Waals surface area contributed by atoms with Gasteiger partial charge in [0.25, 0.3) is 0 Å². The molecule has 0 spiro atoms. The van der Waals surface area contributed by atoms with Crippen molar-refractivity contribution in [1.29, 1.82) is 0 Å². The molecule has 0 aromatic heterocycles. The molecule has 1 aliphatic rings. The molecule has 8 heteroatoms. The number of rotatable bonds is 10. The number of guanidine groups is 1. The molecule has 1 saturated heterocycles. The number of likely N-dealkylation sites (tertiary alicyclic amines) is 1. The van der Waals surface area contributed by atoms with Crippen molar-refractivity contribution in [3.05, 3.63) is 0 Å². The number of carbonyl (C=O) groups excluding carboxylic acids is 1. The Morgan fingerprint density at radius 2 is 2.04 bits per heavy atom. The highest BCUT2D eigenvalue weighted by Gasteiger charge is 2.20. The molecule has 1 rings (SSSR count). The predicted octanol–water partition coefficient (Wildman–Crippen LogP) is 1.39. The smallest absolute Gasteiger partial charge is 0.224 e. The van der Waals surface area contributed by atoms with Gasteiger partial charge in [0, 0.05) is 66.5 Å². The highest BCUT2D eigenvalue weighted by molar-refractivity contribution is 14.0. The molecule has 1 amide bonds. The van der Waals surface area contributed by atoms with E-state index in [-0.39, 0.29) is 29.9 Å². The van der Waals surface area contributed by atoms with Crippen LogP contribution in [0.25, 0.3) is 0 Å². The Hall–Kier alpha value is -0.610. The maximum Gasteiger partial charge on any atom is 0.224 e. The van der Waals surface area contributed by atoms with Gasteiger partial charge in [-0.2, -0.15) is 0 Å². The normalized spacial score (nSPS) is 17.8. The molecular formula is C18H38IN5O2. The first-order valence-corrected chi connectivity index (χ1v) is 9.46. The summed E-state index contributed by atoms with van der Waals surface area (Å²) < 4.78 is 5.06. The number of nitrogens with zero attached hydrogens (tertiary/aromatic N) is 3. The largest absolute Gasteiger partial charge is 0.385 e. The third-order valence-corrected chi connectivity index (χ3v) is 4.54. The van der Waals surface area contributed by atoms with Crippen LogP contribution in [-0.4, -0.2) is 88.7 Å². The molecule has 0 bridgehead atoms. The Bertz CT molecular complexity index is 409. The van der Waals surface area contributed by atoms with Gasteiger partial charge in [0.2, 0.25) is 5.91 Å². The number of carbonyl (C=O) groups is 1. The van der Waals surface area contributed by atoms with Gasteiger partial charge in [0.05, 0.1) is 0 Å². The van der Waals surface area contributed by atoms with E-state index in [1.807, 2.05) is 4.90 Å². The molecule has 2 N–H and O–H groups in total. The highest BCUT2D eigenvalue weighted by atomic mass is 127. The Kier molecular flexibility index (Phi) is 15.1. The molecule has 0 aliphatic carbocycles. The monoisotopic (exact) mass is 483 g/mol. The molecule has 154 valence electrons. The van der Waals surface area contributed by atoms with Gasteiger partial charge in [-0.3, -0.25) is 9.79 Å². The number of likely N-dealkylation sites (N-methyl/N-ethyl adjacent to an activating group) is 1. The number of piperidine rings is 1. The standard InChI is InChI=1S/C18H37N5O2.HI/c1-16-7-5-12-23(15-16)17(24)8-9-20-18(19-2)21-10-13-22(3)11-6-14-25-4;/h16H,5-15H2,1-4H3,(H2,19,20,21);1H. The van der Waals surface area contributed by atoms with Crippen LogP contribution in [0.3, 0.4) is 0 Å². The number of hydrogen-bond acceptors (Lipinski definition) is 4. The van der Waals surface area contributed by atoms with Crippen molar-refractivity contribution < 1.29 is 9.53 Å². The summed E-state index contributed by atoms with van der Waals surface area (Å²) in [6, 6.07) is 0. The lowest BCUT2D eigenvalue weighted by molar-refractivity contribution is -0.132. The summed E-state index contributed by atoms with van der Waals surface area (Å²) in [6.07, 6.45) is 3.92. The first-order valence-electron chi connectivity index (χ1n) is 9.46. The van der Waals surface area contributed by atoms with Crippen LogP contribution in [0.15, 0.2) is 4.99 Å². The molecule has 0 saturated carbocycles. The Balaban J connectivity index is 0.00000625. The summed E-state index contributed by atoms with van der Waals surface area (Å²) in [5.41, 5.74) is 0. The molecule has 26 heavy (non-hydrogen) atoms. The maximum atomic E-state index is 12.3. The van der Waals surface area contributed by atoms with E-state index in [1.165, 1.54) is 6.42 Å². The zero-order valence-electron chi connectivity index (χ0n) is 16.9. The van der Waals surface area contributed by atoms with Crippen molar-refractivity contribution in [2.45, 2.75) is 32.6 Å². The van der Waals surface area contributed by atoms with Gasteiger partial charge in [-0.25, -0.2) is 0 Å². The Labute approximate surface area is 176 Å². The second-order valence-electron chi connectivity index (χ2n) is 6.91. The molecule has 1 fully saturated rings. The van der Waals surface area contributed by atoms with Crippen molar-refractivity contribution in [1.82, 2.24) is 20.4 Å². The lowest BCUT2D eigenvalue weighted by atomic mass is 10.00. The molecule has 1 aliphatic heterocycles. The fraction of sp³-hybridized carbons (Fsp3) is 0.889. The Morgan fingerprint density at radius 3 is 2.69 bits per heavy atom. The highest BCUT2D eigenvalue weighted by Crippen LogP contribution is 2.15. The fourth-order valence-electron chi connectivity index (χ4n) is 3.04. The lowest BCUT2D eigenvalue weighted by Crippen LogP contribution is -2.44.